The van der Waals surface area contributed by atoms with E-state index in [2.05, 4.69) is 30.1 Å². The van der Waals surface area contributed by atoms with E-state index in [-0.39, 0.29) is 12.5 Å². The number of benzene rings is 1. The minimum absolute atomic E-state index is 0.174. The number of hydrogen-bond donors (Lipinski definition) is 2. The van der Waals surface area contributed by atoms with Crippen molar-refractivity contribution in [3.63, 3.8) is 0 Å². The van der Waals surface area contributed by atoms with Crippen LogP contribution in [0.3, 0.4) is 0 Å². The first-order valence-electron chi connectivity index (χ1n) is 5.88. The van der Waals surface area contributed by atoms with Gasteiger partial charge in [0.05, 0.1) is 0 Å². The maximum absolute atomic E-state index is 9.13. The summed E-state index contributed by atoms with van der Waals surface area (Å²) in [6.07, 6.45) is 2.01. The number of nitrogens with two attached hydrogens (primary N) is 1. The van der Waals surface area contributed by atoms with Gasteiger partial charge in [-0.2, -0.15) is 0 Å². The van der Waals surface area contributed by atoms with Gasteiger partial charge in [0, 0.05) is 25.9 Å². The lowest BCUT2D eigenvalue weighted by atomic mass is 9.98. The first kappa shape index (κ1) is 11.4. The Labute approximate surface area is 96.9 Å². The Hall–Kier alpha value is -1.06. The highest BCUT2D eigenvalue weighted by atomic mass is 16.3. The maximum Gasteiger partial charge on any atom is 0.0474 e. The molecule has 0 bridgehead atoms. The molecule has 3 heteroatoms. The van der Waals surface area contributed by atoms with E-state index in [9.17, 15) is 0 Å². The number of likely N-dealkylation sites (N-methyl/N-ethyl adjacent to an activating group) is 1. The largest absolute Gasteiger partial charge is 0.396 e. The third-order valence-corrected chi connectivity index (χ3v) is 3.39. The summed E-state index contributed by atoms with van der Waals surface area (Å²) in [7, 11) is 2.13. The number of anilines is 1. The van der Waals surface area contributed by atoms with Crippen LogP contribution in [0, 0.1) is 5.92 Å². The van der Waals surface area contributed by atoms with Crippen molar-refractivity contribution in [1.82, 2.24) is 0 Å². The second-order valence-electron chi connectivity index (χ2n) is 4.62. The van der Waals surface area contributed by atoms with E-state index >= 15 is 0 Å². The average Bonchev–Trinajstić information content (AvgIpc) is 2.68. The van der Waals surface area contributed by atoms with E-state index < -0.39 is 0 Å². The average molecular weight is 220 g/mol. The fourth-order valence-electron chi connectivity index (χ4n) is 2.30. The molecule has 0 saturated carbocycles. The van der Waals surface area contributed by atoms with E-state index in [4.69, 9.17) is 10.8 Å². The molecular formula is C13H20N2O. The van der Waals surface area contributed by atoms with Gasteiger partial charge < -0.3 is 15.7 Å². The second kappa shape index (κ2) is 4.85. The molecule has 0 amide bonds. The molecule has 1 aliphatic rings. The molecule has 0 radical (unpaired) electrons. The van der Waals surface area contributed by atoms with Gasteiger partial charge in [0.2, 0.25) is 0 Å². The summed E-state index contributed by atoms with van der Waals surface area (Å²) in [4.78, 5) is 2.28. The minimum atomic E-state index is 0.174. The molecule has 0 aromatic heterocycles. The highest BCUT2D eigenvalue weighted by molar-refractivity contribution is 5.58. The molecule has 0 saturated heterocycles. The molecule has 1 aromatic rings. The Kier molecular flexibility index (Phi) is 3.46. The Morgan fingerprint density at radius 1 is 1.50 bits per heavy atom. The predicted molar refractivity (Wildman–Crippen MR) is 66.8 cm³/mol. The van der Waals surface area contributed by atoms with Crippen molar-refractivity contribution in [1.29, 1.82) is 0 Å². The van der Waals surface area contributed by atoms with Crippen molar-refractivity contribution in [2.24, 2.45) is 11.7 Å². The highest BCUT2D eigenvalue weighted by Gasteiger charge is 2.16. The Morgan fingerprint density at radius 2 is 2.31 bits per heavy atom. The van der Waals surface area contributed by atoms with Gasteiger partial charge in [-0.3, -0.25) is 0 Å². The minimum Gasteiger partial charge on any atom is -0.396 e. The van der Waals surface area contributed by atoms with Crippen LogP contribution in [0.4, 0.5) is 5.69 Å². The van der Waals surface area contributed by atoms with E-state index in [1.807, 2.05) is 0 Å². The number of rotatable bonds is 4. The number of fused-ring (bicyclic) bond motifs is 1. The summed E-state index contributed by atoms with van der Waals surface area (Å²) in [5.74, 6) is 0.192. The molecule has 1 unspecified atom stereocenters. The normalized spacial score (nSPS) is 16.3. The zero-order valence-electron chi connectivity index (χ0n) is 9.82. The highest BCUT2D eigenvalue weighted by Crippen LogP contribution is 2.27. The molecule has 0 aliphatic carbocycles. The lowest BCUT2D eigenvalue weighted by Crippen LogP contribution is -2.20. The monoisotopic (exact) mass is 220 g/mol. The van der Waals surface area contributed by atoms with Crippen LogP contribution in [0.15, 0.2) is 18.2 Å². The summed E-state index contributed by atoms with van der Waals surface area (Å²) in [6.45, 7) is 1.83. The van der Waals surface area contributed by atoms with Gasteiger partial charge in [-0.25, -0.2) is 0 Å². The molecule has 16 heavy (non-hydrogen) atoms. The molecule has 1 aromatic carbocycles. The van der Waals surface area contributed by atoms with Gasteiger partial charge in [-0.15, -0.1) is 0 Å². The topological polar surface area (TPSA) is 49.5 Å². The second-order valence-corrected chi connectivity index (χ2v) is 4.62. The SMILES string of the molecule is CN1CCc2cc(CC(CN)CO)ccc21. The molecule has 3 N–H and O–H groups in total. The lowest BCUT2D eigenvalue weighted by molar-refractivity contribution is 0.230. The molecule has 1 atom stereocenters. The number of aliphatic hydroxyl groups is 1. The summed E-state index contributed by atoms with van der Waals surface area (Å²) < 4.78 is 0. The quantitative estimate of drug-likeness (QED) is 0.788. The summed E-state index contributed by atoms with van der Waals surface area (Å²) in [5.41, 5.74) is 9.66. The molecule has 0 spiro atoms. The van der Waals surface area contributed by atoms with Crippen LogP contribution in [-0.2, 0) is 12.8 Å². The fourth-order valence-corrected chi connectivity index (χ4v) is 2.30. The van der Waals surface area contributed by atoms with Crippen molar-refractivity contribution in [3.05, 3.63) is 29.3 Å². The van der Waals surface area contributed by atoms with Gasteiger partial charge in [0.15, 0.2) is 0 Å². The first-order chi connectivity index (χ1) is 7.74. The number of aliphatic hydroxyl groups excluding tert-OH is 1. The van der Waals surface area contributed by atoms with Gasteiger partial charge in [-0.1, -0.05) is 12.1 Å². The molecule has 1 heterocycles. The molecule has 3 nitrogen and oxygen atoms in total. The van der Waals surface area contributed by atoms with Gasteiger partial charge in [-0.05, 0) is 42.5 Å². The zero-order valence-corrected chi connectivity index (χ0v) is 9.82. The predicted octanol–water partition coefficient (Wildman–Crippen LogP) is 0.789. The van der Waals surface area contributed by atoms with E-state index in [1.54, 1.807) is 0 Å². The molecule has 1 aliphatic heterocycles. The van der Waals surface area contributed by atoms with Gasteiger partial charge >= 0.3 is 0 Å². The molecular weight excluding hydrogens is 200 g/mol. The molecule has 0 fully saturated rings. The zero-order chi connectivity index (χ0) is 11.5. The van der Waals surface area contributed by atoms with Crippen LogP contribution in [0.5, 0.6) is 0 Å². The number of nitrogens with zero attached hydrogens (tertiary/aromatic N) is 1. The van der Waals surface area contributed by atoms with Gasteiger partial charge in [0.25, 0.3) is 0 Å². The van der Waals surface area contributed by atoms with Gasteiger partial charge in [0.1, 0.15) is 0 Å². The first-order valence-corrected chi connectivity index (χ1v) is 5.88. The van der Waals surface area contributed by atoms with Crippen LogP contribution in [0.2, 0.25) is 0 Å². The standard InChI is InChI=1S/C13H20N2O/c1-15-5-4-12-7-10(2-3-13(12)15)6-11(8-14)9-16/h2-3,7,11,16H,4-6,8-9,14H2,1H3. The van der Waals surface area contributed by atoms with Crippen LogP contribution in [-0.4, -0.2) is 31.9 Å². The Balaban J connectivity index is 2.13. The third-order valence-electron chi connectivity index (χ3n) is 3.39. The van der Waals surface area contributed by atoms with Crippen LogP contribution >= 0.6 is 0 Å². The van der Waals surface area contributed by atoms with Crippen LogP contribution < -0.4 is 10.6 Å². The van der Waals surface area contributed by atoms with Crippen molar-refractivity contribution in [2.45, 2.75) is 12.8 Å². The van der Waals surface area contributed by atoms with Crippen molar-refractivity contribution < 1.29 is 5.11 Å². The van der Waals surface area contributed by atoms with E-state index in [0.717, 1.165) is 19.4 Å². The Bertz CT molecular complexity index is 361. The third kappa shape index (κ3) is 2.20. The fraction of sp³-hybridized carbons (Fsp3) is 0.538. The Morgan fingerprint density at radius 3 is 3.00 bits per heavy atom. The van der Waals surface area contributed by atoms with Crippen molar-refractivity contribution in [3.8, 4) is 0 Å². The van der Waals surface area contributed by atoms with Crippen molar-refractivity contribution >= 4 is 5.69 Å². The number of hydrogen-bond acceptors (Lipinski definition) is 3. The molecule has 2 rings (SSSR count). The van der Waals surface area contributed by atoms with Crippen LogP contribution in [0.1, 0.15) is 11.1 Å². The maximum atomic E-state index is 9.13. The van der Waals surface area contributed by atoms with E-state index in [0.29, 0.717) is 6.54 Å². The van der Waals surface area contributed by atoms with Crippen molar-refractivity contribution in [2.75, 3.05) is 31.6 Å². The summed E-state index contributed by atoms with van der Waals surface area (Å²) in [5, 5.41) is 9.13. The summed E-state index contributed by atoms with van der Waals surface area (Å²) in [6, 6.07) is 6.60. The smallest absolute Gasteiger partial charge is 0.0474 e. The summed E-state index contributed by atoms with van der Waals surface area (Å²) >= 11 is 0. The lowest BCUT2D eigenvalue weighted by Gasteiger charge is -2.14. The van der Waals surface area contributed by atoms with Crippen LogP contribution in [0.25, 0.3) is 0 Å². The molecule has 88 valence electrons. The van der Waals surface area contributed by atoms with E-state index in [1.165, 1.54) is 16.8 Å².